The first kappa shape index (κ1) is 22.6. The van der Waals surface area contributed by atoms with Crippen molar-refractivity contribution in [2.75, 3.05) is 34.0 Å². The molecule has 0 saturated carbocycles. The lowest BCUT2D eigenvalue weighted by molar-refractivity contribution is 0.0924. The van der Waals surface area contributed by atoms with E-state index in [1.165, 1.54) is 14.2 Å². The van der Waals surface area contributed by atoms with E-state index in [-0.39, 0.29) is 5.91 Å². The number of hydrogen-bond acceptors (Lipinski definition) is 5. The SMILES string of the molecule is COc1cc(C(=O)NCCCOCC(C)C)cc(OC)c1OCc1ccccc1. The van der Waals surface area contributed by atoms with Gasteiger partial charge in [0.1, 0.15) is 6.61 Å². The maximum Gasteiger partial charge on any atom is 0.251 e. The third kappa shape index (κ3) is 7.31. The monoisotopic (exact) mass is 401 g/mol. The van der Waals surface area contributed by atoms with E-state index < -0.39 is 0 Å². The predicted molar refractivity (Wildman–Crippen MR) is 113 cm³/mol. The molecule has 158 valence electrons. The molecule has 0 radical (unpaired) electrons. The molecule has 1 N–H and O–H groups in total. The average molecular weight is 402 g/mol. The highest BCUT2D eigenvalue weighted by atomic mass is 16.5. The van der Waals surface area contributed by atoms with Crippen LogP contribution in [0.25, 0.3) is 0 Å². The number of methoxy groups -OCH3 is 2. The van der Waals surface area contributed by atoms with Gasteiger partial charge in [-0.05, 0) is 30.0 Å². The number of benzene rings is 2. The van der Waals surface area contributed by atoms with Crippen LogP contribution in [0, 0.1) is 5.92 Å². The number of carbonyl (C=O) groups is 1. The molecular weight excluding hydrogens is 370 g/mol. The van der Waals surface area contributed by atoms with Crippen LogP contribution >= 0.6 is 0 Å². The van der Waals surface area contributed by atoms with Gasteiger partial charge in [-0.15, -0.1) is 0 Å². The zero-order chi connectivity index (χ0) is 21.1. The quantitative estimate of drug-likeness (QED) is 0.543. The molecule has 0 saturated heterocycles. The summed E-state index contributed by atoms with van der Waals surface area (Å²) < 4.78 is 22.3. The van der Waals surface area contributed by atoms with Crippen molar-refractivity contribution >= 4 is 5.91 Å². The third-order valence-corrected chi connectivity index (χ3v) is 4.15. The van der Waals surface area contributed by atoms with E-state index in [1.807, 2.05) is 30.3 Å². The molecular formula is C23H31NO5. The second kappa shape index (κ2) is 12.0. The van der Waals surface area contributed by atoms with Crippen LogP contribution < -0.4 is 19.5 Å². The van der Waals surface area contributed by atoms with Crippen LogP contribution in [-0.2, 0) is 11.3 Å². The third-order valence-electron chi connectivity index (χ3n) is 4.15. The van der Waals surface area contributed by atoms with E-state index in [0.717, 1.165) is 18.6 Å². The van der Waals surface area contributed by atoms with Crippen molar-refractivity contribution in [3.63, 3.8) is 0 Å². The Morgan fingerprint density at radius 1 is 1.03 bits per heavy atom. The van der Waals surface area contributed by atoms with Crippen LogP contribution in [0.2, 0.25) is 0 Å². The largest absolute Gasteiger partial charge is 0.493 e. The standard InChI is InChI=1S/C23H31NO5/c1-17(2)15-28-12-8-11-24-23(25)19-13-20(26-3)22(21(14-19)27-4)29-16-18-9-6-5-7-10-18/h5-7,9-10,13-14,17H,8,11-12,15-16H2,1-4H3,(H,24,25). The van der Waals surface area contributed by atoms with Crippen molar-refractivity contribution in [1.29, 1.82) is 0 Å². The van der Waals surface area contributed by atoms with E-state index in [0.29, 0.717) is 48.5 Å². The molecule has 0 fully saturated rings. The first-order valence-corrected chi connectivity index (χ1v) is 9.83. The molecule has 29 heavy (non-hydrogen) atoms. The van der Waals surface area contributed by atoms with Crippen LogP contribution in [-0.4, -0.2) is 39.9 Å². The topological polar surface area (TPSA) is 66.0 Å². The minimum Gasteiger partial charge on any atom is -0.493 e. The lowest BCUT2D eigenvalue weighted by atomic mass is 10.1. The van der Waals surface area contributed by atoms with Crippen LogP contribution in [0.15, 0.2) is 42.5 Å². The van der Waals surface area contributed by atoms with Crippen LogP contribution in [0.5, 0.6) is 17.2 Å². The fourth-order valence-corrected chi connectivity index (χ4v) is 2.68. The highest BCUT2D eigenvalue weighted by Crippen LogP contribution is 2.39. The Balaban J connectivity index is 1.99. The van der Waals surface area contributed by atoms with Crippen LogP contribution in [0.1, 0.15) is 36.2 Å². The average Bonchev–Trinajstić information content (AvgIpc) is 2.74. The number of hydrogen-bond donors (Lipinski definition) is 1. The van der Waals surface area contributed by atoms with Crippen molar-refractivity contribution < 1.29 is 23.7 Å². The van der Waals surface area contributed by atoms with E-state index in [1.54, 1.807) is 12.1 Å². The molecule has 0 atom stereocenters. The van der Waals surface area contributed by atoms with Gasteiger partial charge in [0.2, 0.25) is 5.75 Å². The molecule has 0 unspecified atom stereocenters. The van der Waals surface area contributed by atoms with Gasteiger partial charge in [0.05, 0.1) is 14.2 Å². The molecule has 0 bridgehead atoms. The Labute approximate surface area is 173 Å². The summed E-state index contributed by atoms with van der Waals surface area (Å²) in [5.41, 5.74) is 1.48. The highest BCUT2D eigenvalue weighted by Gasteiger charge is 2.17. The summed E-state index contributed by atoms with van der Waals surface area (Å²) in [4.78, 5) is 12.5. The molecule has 6 nitrogen and oxygen atoms in total. The zero-order valence-electron chi connectivity index (χ0n) is 17.7. The highest BCUT2D eigenvalue weighted by molar-refractivity contribution is 5.95. The number of rotatable bonds is 12. The molecule has 1 amide bonds. The fraction of sp³-hybridized carbons (Fsp3) is 0.435. The molecule has 0 aliphatic rings. The van der Waals surface area contributed by atoms with E-state index in [4.69, 9.17) is 18.9 Å². The Bertz CT molecular complexity index is 736. The summed E-state index contributed by atoms with van der Waals surface area (Å²) in [5.74, 6) is 1.68. The lowest BCUT2D eigenvalue weighted by Crippen LogP contribution is -2.25. The first-order valence-electron chi connectivity index (χ1n) is 9.83. The Hall–Kier alpha value is -2.73. The van der Waals surface area contributed by atoms with Crippen LogP contribution in [0.4, 0.5) is 0 Å². The summed E-state index contributed by atoms with van der Waals surface area (Å²) in [5, 5.41) is 2.90. The predicted octanol–water partition coefficient (Wildman–Crippen LogP) is 4.08. The van der Waals surface area contributed by atoms with E-state index in [9.17, 15) is 4.79 Å². The number of amides is 1. The number of nitrogens with one attached hydrogen (secondary N) is 1. The normalized spacial score (nSPS) is 10.7. The first-order chi connectivity index (χ1) is 14.0. The maximum absolute atomic E-state index is 12.5. The number of ether oxygens (including phenoxy) is 4. The molecule has 6 heteroatoms. The Morgan fingerprint density at radius 2 is 1.69 bits per heavy atom. The molecule has 2 aromatic rings. The minimum absolute atomic E-state index is 0.194. The molecule has 0 heterocycles. The van der Waals surface area contributed by atoms with Gasteiger partial charge in [-0.3, -0.25) is 4.79 Å². The summed E-state index contributed by atoms with van der Waals surface area (Å²) in [6, 6.07) is 13.1. The van der Waals surface area contributed by atoms with Crippen LogP contribution in [0.3, 0.4) is 0 Å². The second-order valence-corrected chi connectivity index (χ2v) is 7.06. The van der Waals surface area contributed by atoms with Crippen molar-refractivity contribution in [1.82, 2.24) is 5.32 Å². The molecule has 0 aromatic heterocycles. The summed E-state index contributed by atoms with van der Waals surface area (Å²) in [6.45, 7) is 6.47. The minimum atomic E-state index is -0.194. The van der Waals surface area contributed by atoms with Gasteiger partial charge in [0.25, 0.3) is 5.91 Å². The Kier molecular flexibility index (Phi) is 9.31. The van der Waals surface area contributed by atoms with Crippen molar-refractivity contribution in [2.45, 2.75) is 26.9 Å². The summed E-state index contributed by atoms with van der Waals surface area (Å²) in [7, 11) is 3.08. The van der Waals surface area contributed by atoms with Crippen molar-refractivity contribution in [3.8, 4) is 17.2 Å². The fourth-order valence-electron chi connectivity index (χ4n) is 2.68. The molecule has 0 aliphatic heterocycles. The maximum atomic E-state index is 12.5. The zero-order valence-corrected chi connectivity index (χ0v) is 17.7. The van der Waals surface area contributed by atoms with E-state index in [2.05, 4.69) is 19.2 Å². The molecule has 0 spiro atoms. The van der Waals surface area contributed by atoms with Crippen molar-refractivity contribution in [3.05, 3.63) is 53.6 Å². The van der Waals surface area contributed by atoms with Gasteiger partial charge in [-0.25, -0.2) is 0 Å². The number of carbonyl (C=O) groups excluding carboxylic acids is 1. The smallest absolute Gasteiger partial charge is 0.251 e. The van der Waals surface area contributed by atoms with Gasteiger partial charge in [0, 0.05) is 25.3 Å². The second-order valence-electron chi connectivity index (χ2n) is 7.06. The molecule has 2 rings (SSSR count). The molecule has 0 aliphatic carbocycles. The van der Waals surface area contributed by atoms with E-state index >= 15 is 0 Å². The summed E-state index contributed by atoms with van der Waals surface area (Å²) in [6.07, 6.45) is 0.755. The van der Waals surface area contributed by atoms with Crippen molar-refractivity contribution in [2.24, 2.45) is 5.92 Å². The van der Waals surface area contributed by atoms with Gasteiger partial charge >= 0.3 is 0 Å². The van der Waals surface area contributed by atoms with Gasteiger partial charge in [0.15, 0.2) is 11.5 Å². The Morgan fingerprint density at radius 3 is 2.28 bits per heavy atom. The van der Waals surface area contributed by atoms with Gasteiger partial charge in [-0.2, -0.15) is 0 Å². The molecule has 2 aromatic carbocycles. The lowest BCUT2D eigenvalue weighted by Gasteiger charge is -2.16. The van der Waals surface area contributed by atoms with Gasteiger partial charge < -0.3 is 24.3 Å². The summed E-state index contributed by atoms with van der Waals surface area (Å²) >= 11 is 0. The van der Waals surface area contributed by atoms with Gasteiger partial charge in [-0.1, -0.05) is 44.2 Å².